The zero-order valence-corrected chi connectivity index (χ0v) is 15.7. The van der Waals surface area contributed by atoms with Gasteiger partial charge in [-0.3, -0.25) is 4.79 Å². The molecule has 1 amide bonds. The summed E-state index contributed by atoms with van der Waals surface area (Å²) in [6.07, 6.45) is -1.45. The monoisotopic (exact) mass is 409 g/mol. The largest absolute Gasteiger partial charge is 0.480 e. The van der Waals surface area contributed by atoms with Crippen molar-refractivity contribution < 1.29 is 19.0 Å². The fourth-order valence-corrected chi connectivity index (χ4v) is 2.80. The molecule has 2 rings (SSSR count). The molecule has 134 valence electrons. The first-order valence-electron chi connectivity index (χ1n) is 8.08. The second-order valence-electron chi connectivity index (χ2n) is 5.68. The first-order valence-corrected chi connectivity index (χ1v) is 8.87. The van der Waals surface area contributed by atoms with Gasteiger partial charge in [0.2, 0.25) is 0 Å². The number of halogens is 2. The summed E-state index contributed by atoms with van der Waals surface area (Å²) < 4.78 is 20.3. The summed E-state index contributed by atoms with van der Waals surface area (Å²) in [5, 5.41) is 13.2. The van der Waals surface area contributed by atoms with Crippen LogP contribution < -0.4 is 10.1 Å². The van der Waals surface area contributed by atoms with Gasteiger partial charge in [-0.2, -0.15) is 0 Å². The molecular formula is C19H21BrFNO3. The van der Waals surface area contributed by atoms with Crippen molar-refractivity contribution in [3.63, 3.8) is 0 Å². The fourth-order valence-electron chi connectivity index (χ4n) is 2.42. The molecular weight excluding hydrogens is 389 g/mol. The molecule has 0 fully saturated rings. The van der Waals surface area contributed by atoms with Crippen LogP contribution in [-0.4, -0.2) is 23.2 Å². The van der Waals surface area contributed by atoms with Crippen molar-refractivity contribution in [1.82, 2.24) is 5.32 Å². The molecule has 0 radical (unpaired) electrons. The molecule has 2 aromatic rings. The Kier molecular flexibility index (Phi) is 6.96. The van der Waals surface area contributed by atoms with Crippen molar-refractivity contribution in [2.75, 3.05) is 0 Å². The van der Waals surface area contributed by atoms with Gasteiger partial charge in [0.15, 0.2) is 6.10 Å². The van der Waals surface area contributed by atoms with Crippen LogP contribution in [0.3, 0.4) is 0 Å². The number of hydrogen-bond acceptors (Lipinski definition) is 3. The first kappa shape index (κ1) is 19.4. The van der Waals surface area contributed by atoms with Gasteiger partial charge in [0, 0.05) is 5.56 Å². The lowest BCUT2D eigenvalue weighted by atomic mass is 9.99. The van der Waals surface area contributed by atoms with E-state index in [0.717, 1.165) is 4.47 Å². The molecule has 0 aliphatic heterocycles. The highest BCUT2D eigenvalue weighted by molar-refractivity contribution is 9.10. The Labute approximate surface area is 155 Å². The van der Waals surface area contributed by atoms with Gasteiger partial charge in [-0.1, -0.05) is 37.3 Å². The van der Waals surface area contributed by atoms with E-state index in [1.165, 1.54) is 12.1 Å². The van der Waals surface area contributed by atoms with Gasteiger partial charge in [-0.15, -0.1) is 0 Å². The molecule has 6 heteroatoms. The lowest BCUT2D eigenvalue weighted by molar-refractivity contribution is -0.129. The van der Waals surface area contributed by atoms with Gasteiger partial charge in [-0.05, 0) is 47.5 Å². The van der Waals surface area contributed by atoms with Gasteiger partial charge in [-0.25, -0.2) is 4.39 Å². The van der Waals surface area contributed by atoms with Crippen LogP contribution in [0.25, 0.3) is 0 Å². The lowest BCUT2D eigenvalue weighted by Crippen LogP contribution is -2.45. The number of para-hydroxylation sites is 1. The average molecular weight is 410 g/mol. The van der Waals surface area contributed by atoms with E-state index in [1.807, 2.05) is 25.1 Å². The van der Waals surface area contributed by atoms with Crippen LogP contribution in [0.15, 0.2) is 53.0 Å². The molecule has 0 heterocycles. The highest BCUT2D eigenvalue weighted by Crippen LogP contribution is 2.25. The Balaban J connectivity index is 2.04. The van der Waals surface area contributed by atoms with Crippen LogP contribution in [0.5, 0.6) is 5.75 Å². The second-order valence-corrected chi connectivity index (χ2v) is 6.53. The Hall–Kier alpha value is -1.92. The summed E-state index contributed by atoms with van der Waals surface area (Å²) >= 11 is 3.36. The molecule has 2 aromatic carbocycles. The van der Waals surface area contributed by atoms with E-state index in [-0.39, 0.29) is 11.5 Å². The molecule has 0 spiro atoms. The fraction of sp³-hybridized carbons (Fsp3) is 0.316. The Morgan fingerprint density at radius 3 is 2.52 bits per heavy atom. The number of ether oxygens (including phenoxy) is 1. The van der Waals surface area contributed by atoms with Crippen LogP contribution >= 0.6 is 15.9 Å². The number of benzene rings is 2. The minimum absolute atomic E-state index is 0.161. The highest BCUT2D eigenvalue weighted by Gasteiger charge is 2.26. The van der Waals surface area contributed by atoms with E-state index in [9.17, 15) is 14.3 Å². The molecule has 0 unspecified atom stereocenters. The molecule has 4 nitrogen and oxygen atoms in total. The van der Waals surface area contributed by atoms with Crippen LogP contribution in [0.4, 0.5) is 4.39 Å². The van der Waals surface area contributed by atoms with Gasteiger partial charge in [0.05, 0.1) is 10.5 Å². The quantitative estimate of drug-likeness (QED) is 0.726. The predicted octanol–water partition coefficient (Wildman–Crippen LogP) is 3.98. The standard InChI is InChI=1S/C19H21BrFNO3/c1-3-16(18(23)13-8-4-6-10-15(13)21)22-19(24)12(2)25-17-11-7-5-9-14(17)20/h4-12,16,18,23H,3H2,1-2H3,(H,22,24)/t12-,16+,18-/m1/s1. The third-order valence-electron chi connectivity index (χ3n) is 3.88. The van der Waals surface area contributed by atoms with Crippen molar-refractivity contribution in [3.8, 4) is 5.75 Å². The number of hydrogen-bond donors (Lipinski definition) is 2. The second kappa shape index (κ2) is 8.97. The SMILES string of the molecule is CC[C@H](NC(=O)[C@@H](C)Oc1ccccc1Br)[C@H](O)c1ccccc1F. The maximum atomic E-state index is 13.9. The molecule has 0 saturated carbocycles. The maximum absolute atomic E-state index is 13.9. The van der Waals surface area contributed by atoms with E-state index < -0.39 is 24.1 Å². The van der Waals surface area contributed by atoms with E-state index in [1.54, 1.807) is 25.1 Å². The summed E-state index contributed by atoms with van der Waals surface area (Å²) in [6, 6.07) is 12.6. The summed E-state index contributed by atoms with van der Waals surface area (Å²) in [4.78, 5) is 12.4. The number of amides is 1. The third kappa shape index (κ3) is 5.03. The predicted molar refractivity (Wildman–Crippen MR) is 97.8 cm³/mol. The van der Waals surface area contributed by atoms with Crippen molar-refractivity contribution in [1.29, 1.82) is 0 Å². The summed E-state index contributed by atoms with van der Waals surface area (Å²) in [5.41, 5.74) is 0.161. The Morgan fingerprint density at radius 2 is 1.88 bits per heavy atom. The number of aliphatic hydroxyl groups is 1. The van der Waals surface area contributed by atoms with E-state index >= 15 is 0 Å². The Bertz CT molecular complexity index is 725. The Morgan fingerprint density at radius 1 is 1.24 bits per heavy atom. The summed E-state index contributed by atoms with van der Waals surface area (Å²) in [7, 11) is 0. The molecule has 0 saturated heterocycles. The van der Waals surface area contributed by atoms with Crippen molar-refractivity contribution in [2.45, 2.75) is 38.5 Å². The van der Waals surface area contributed by atoms with Crippen LogP contribution in [0.1, 0.15) is 31.9 Å². The molecule has 0 aliphatic carbocycles. The molecule has 0 aliphatic rings. The van der Waals surface area contributed by atoms with Crippen LogP contribution in [-0.2, 0) is 4.79 Å². The van der Waals surface area contributed by atoms with Gasteiger partial charge >= 0.3 is 0 Å². The molecule has 2 N–H and O–H groups in total. The van der Waals surface area contributed by atoms with Crippen LogP contribution in [0.2, 0.25) is 0 Å². The van der Waals surface area contributed by atoms with E-state index in [4.69, 9.17) is 4.74 Å². The van der Waals surface area contributed by atoms with Crippen LogP contribution in [0, 0.1) is 5.82 Å². The molecule has 3 atom stereocenters. The molecule has 0 bridgehead atoms. The maximum Gasteiger partial charge on any atom is 0.261 e. The summed E-state index contributed by atoms with van der Waals surface area (Å²) in [5.74, 6) is -0.328. The van der Waals surface area contributed by atoms with Crippen molar-refractivity contribution in [2.24, 2.45) is 0 Å². The number of rotatable bonds is 7. The molecule has 0 aromatic heterocycles. The van der Waals surface area contributed by atoms with Crippen molar-refractivity contribution >= 4 is 21.8 Å². The smallest absolute Gasteiger partial charge is 0.261 e. The van der Waals surface area contributed by atoms with Crippen molar-refractivity contribution in [3.05, 3.63) is 64.4 Å². The number of carbonyl (C=O) groups is 1. The van der Waals surface area contributed by atoms with E-state index in [0.29, 0.717) is 12.2 Å². The van der Waals surface area contributed by atoms with Gasteiger partial charge < -0.3 is 15.2 Å². The topological polar surface area (TPSA) is 58.6 Å². The average Bonchev–Trinajstić information content (AvgIpc) is 2.61. The highest BCUT2D eigenvalue weighted by atomic mass is 79.9. The summed E-state index contributed by atoms with van der Waals surface area (Å²) in [6.45, 7) is 3.44. The van der Waals surface area contributed by atoms with Gasteiger partial charge in [0.25, 0.3) is 5.91 Å². The minimum atomic E-state index is -1.13. The number of aliphatic hydroxyl groups excluding tert-OH is 1. The number of nitrogens with one attached hydrogen (secondary N) is 1. The minimum Gasteiger partial charge on any atom is -0.480 e. The normalized spacial score (nSPS) is 14.4. The molecule has 25 heavy (non-hydrogen) atoms. The zero-order chi connectivity index (χ0) is 18.4. The third-order valence-corrected chi connectivity index (χ3v) is 4.54. The van der Waals surface area contributed by atoms with Gasteiger partial charge in [0.1, 0.15) is 17.7 Å². The van der Waals surface area contributed by atoms with E-state index in [2.05, 4.69) is 21.2 Å². The zero-order valence-electron chi connectivity index (χ0n) is 14.1. The lowest BCUT2D eigenvalue weighted by Gasteiger charge is -2.25. The first-order chi connectivity index (χ1) is 11.9. The number of carbonyl (C=O) groups excluding carboxylic acids is 1.